The van der Waals surface area contributed by atoms with Crippen molar-refractivity contribution >= 4 is 44.0 Å². The summed E-state index contributed by atoms with van der Waals surface area (Å²) >= 11 is 9.95. The summed E-state index contributed by atoms with van der Waals surface area (Å²) in [6.07, 6.45) is 7.36. The Morgan fingerprint density at radius 3 is 2.78 bits per heavy atom. The fourth-order valence-electron chi connectivity index (χ4n) is 2.61. The maximum atomic E-state index is 6.28. The fourth-order valence-corrected chi connectivity index (χ4v) is 3.49. The highest BCUT2D eigenvalue weighted by molar-refractivity contribution is 9.15. The van der Waals surface area contributed by atoms with Crippen LogP contribution >= 0.6 is 27.5 Å². The van der Waals surface area contributed by atoms with Gasteiger partial charge in [-0.3, -0.25) is 14.5 Å². The molecule has 0 unspecified atom stereocenters. The van der Waals surface area contributed by atoms with Crippen LogP contribution in [0.2, 0.25) is 5.02 Å². The van der Waals surface area contributed by atoms with Gasteiger partial charge >= 0.3 is 0 Å². The van der Waals surface area contributed by atoms with E-state index in [1.54, 1.807) is 13.2 Å². The van der Waals surface area contributed by atoms with Crippen LogP contribution in [0.4, 0.5) is 0 Å². The van der Waals surface area contributed by atoms with Gasteiger partial charge < -0.3 is 5.32 Å². The number of hydrogen-bond acceptors (Lipinski definition) is 3. The third-order valence-electron chi connectivity index (χ3n) is 3.95. The molecule has 7 heteroatoms. The zero-order chi connectivity index (χ0) is 19.2. The summed E-state index contributed by atoms with van der Waals surface area (Å²) in [6.45, 7) is 2.60. The van der Waals surface area contributed by atoms with Crippen LogP contribution in [-0.4, -0.2) is 27.4 Å². The molecule has 1 N–H and O–H groups in total. The van der Waals surface area contributed by atoms with Gasteiger partial charge in [0.15, 0.2) is 11.7 Å². The van der Waals surface area contributed by atoms with Crippen molar-refractivity contribution in [3.05, 3.63) is 82.7 Å². The number of aromatic nitrogens is 3. The number of nitrogens with zero attached hydrogens (tertiary/aromatic N) is 4. The van der Waals surface area contributed by atoms with E-state index < -0.39 is 0 Å². The first-order chi connectivity index (χ1) is 13.1. The molecule has 0 bridgehead atoms. The summed E-state index contributed by atoms with van der Waals surface area (Å²) in [4.78, 5) is 13.1. The number of amidine groups is 1. The Hall–Kier alpha value is -2.44. The molecule has 0 atom stereocenters. The molecule has 27 heavy (non-hydrogen) atoms. The van der Waals surface area contributed by atoms with Crippen molar-refractivity contribution in [1.82, 2.24) is 19.9 Å². The summed E-state index contributed by atoms with van der Waals surface area (Å²) < 4.78 is 2.81. The maximum Gasteiger partial charge on any atom is 0.180 e. The smallest absolute Gasteiger partial charge is 0.180 e. The first-order valence-corrected chi connectivity index (χ1v) is 9.53. The molecule has 2 aromatic heterocycles. The molecule has 3 aromatic rings. The van der Waals surface area contributed by atoms with Crippen LogP contribution in [0, 0.1) is 6.92 Å². The molecule has 3 rings (SSSR count). The van der Waals surface area contributed by atoms with E-state index in [9.17, 15) is 0 Å². The van der Waals surface area contributed by atoms with E-state index in [0.29, 0.717) is 23.2 Å². The molecular formula is C20H19BrClN5. The van der Waals surface area contributed by atoms with Crippen LogP contribution in [0.15, 0.2) is 60.0 Å². The minimum atomic E-state index is 0.609. The number of aryl methyl sites for hydroxylation is 1. The van der Waals surface area contributed by atoms with Gasteiger partial charge in [-0.15, -0.1) is 0 Å². The van der Waals surface area contributed by atoms with E-state index in [1.165, 1.54) is 0 Å². The second kappa shape index (κ2) is 8.97. The maximum absolute atomic E-state index is 6.28. The van der Waals surface area contributed by atoms with Crippen LogP contribution in [0.25, 0.3) is 10.7 Å². The SMILES string of the molecule is CN=C(NCc1cccnc1)c1ncc(C)n1/C(Br)=C/c1ccccc1Cl. The van der Waals surface area contributed by atoms with E-state index in [4.69, 9.17) is 11.6 Å². The monoisotopic (exact) mass is 443 g/mol. The molecular weight excluding hydrogens is 426 g/mol. The number of hydrogen-bond donors (Lipinski definition) is 1. The van der Waals surface area contributed by atoms with Gasteiger partial charge in [-0.2, -0.15) is 0 Å². The number of halogens is 2. The quantitative estimate of drug-likeness (QED) is 0.456. The third-order valence-corrected chi connectivity index (χ3v) is 4.88. The molecule has 2 heterocycles. The van der Waals surface area contributed by atoms with Crippen molar-refractivity contribution < 1.29 is 0 Å². The molecule has 0 amide bonds. The van der Waals surface area contributed by atoms with Crippen molar-refractivity contribution in [3.8, 4) is 0 Å². The van der Waals surface area contributed by atoms with Crippen molar-refractivity contribution in [3.63, 3.8) is 0 Å². The van der Waals surface area contributed by atoms with Crippen molar-refractivity contribution in [2.75, 3.05) is 7.05 Å². The van der Waals surface area contributed by atoms with Gasteiger partial charge in [0.25, 0.3) is 0 Å². The van der Waals surface area contributed by atoms with Gasteiger partial charge in [-0.05, 0) is 52.2 Å². The Bertz CT molecular complexity index is 979. The first-order valence-electron chi connectivity index (χ1n) is 8.36. The van der Waals surface area contributed by atoms with Crippen molar-refractivity contribution in [2.24, 2.45) is 4.99 Å². The minimum Gasteiger partial charge on any atom is -0.363 e. The molecule has 0 radical (unpaired) electrons. The van der Waals surface area contributed by atoms with E-state index >= 15 is 0 Å². The summed E-state index contributed by atoms with van der Waals surface area (Å²) in [6, 6.07) is 11.6. The predicted octanol–water partition coefficient (Wildman–Crippen LogP) is 4.76. The highest BCUT2D eigenvalue weighted by Crippen LogP contribution is 2.25. The number of benzene rings is 1. The normalized spacial score (nSPS) is 12.3. The molecule has 0 spiro atoms. The molecule has 0 saturated carbocycles. The zero-order valence-corrected chi connectivity index (χ0v) is 17.4. The second-order valence-corrected chi connectivity index (χ2v) is 7.05. The number of nitrogens with one attached hydrogen (secondary N) is 1. The van der Waals surface area contributed by atoms with Gasteiger partial charge in [-0.25, -0.2) is 4.98 Å². The minimum absolute atomic E-state index is 0.609. The van der Waals surface area contributed by atoms with E-state index in [1.807, 2.05) is 66.4 Å². The molecule has 0 saturated heterocycles. The Morgan fingerprint density at radius 2 is 2.07 bits per heavy atom. The fraction of sp³-hybridized carbons (Fsp3) is 0.150. The van der Waals surface area contributed by atoms with Crippen molar-refractivity contribution in [1.29, 1.82) is 0 Å². The molecule has 0 aliphatic carbocycles. The van der Waals surface area contributed by atoms with Gasteiger partial charge in [0.05, 0.1) is 4.61 Å². The number of rotatable bonds is 5. The van der Waals surface area contributed by atoms with E-state index in [2.05, 4.69) is 36.2 Å². The van der Waals surface area contributed by atoms with Gasteiger partial charge in [0.2, 0.25) is 0 Å². The Labute approximate surface area is 172 Å². The van der Waals surface area contributed by atoms with E-state index in [-0.39, 0.29) is 0 Å². The summed E-state index contributed by atoms with van der Waals surface area (Å²) in [7, 11) is 1.74. The van der Waals surface area contributed by atoms with Crippen LogP contribution < -0.4 is 5.32 Å². The zero-order valence-electron chi connectivity index (χ0n) is 15.0. The van der Waals surface area contributed by atoms with Gasteiger partial charge in [-0.1, -0.05) is 35.9 Å². The number of aliphatic imine (C=N–C) groups is 1. The summed E-state index contributed by atoms with van der Waals surface area (Å²) in [5.74, 6) is 1.41. The van der Waals surface area contributed by atoms with Crippen LogP contribution in [0.5, 0.6) is 0 Å². The molecule has 5 nitrogen and oxygen atoms in total. The summed E-state index contributed by atoms with van der Waals surface area (Å²) in [5, 5.41) is 4.03. The lowest BCUT2D eigenvalue weighted by Gasteiger charge is -2.13. The lowest BCUT2D eigenvalue weighted by atomic mass is 10.2. The highest BCUT2D eigenvalue weighted by atomic mass is 79.9. The first kappa shape index (κ1) is 19.3. The molecule has 0 aliphatic heterocycles. The highest BCUT2D eigenvalue weighted by Gasteiger charge is 2.15. The molecule has 0 aliphatic rings. The average molecular weight is 445 g/mol. The van der Waals surface area contributed by atoms with E-state index in [0.717, 1.165) is 21.4 Å². The lowest BCUT2D eigenvalue weighted by molar-refractivity contribution is 0.884. The number of pyridine rings is 1. The third kappa shape index (κ3) is 4.64. The summed E-state index contributed by atoms with van der Waals surface area (Å²) in [5.41, 5.74) is 2.96. The predicted molar refractivity (Wildman–Crippen MR) is 115 cm³/mol. The van der Waals surface area contributed by atoms with Crippen LogP contribution in [0.1, 0.15) is 22.6 Å². The largest absolute Gasteiger partial charge is 0.363 e. The van der Waals surface area contributed by atoms with Crippen LogP contribution in [0.3, 0.4) is 0 Å². The standard InChI is InChI=1S/C20H19BrClN5/c1-14-11-26-20(19(23-2)25-13-15-6-5-9-24-12-15)27(14)18(21)10-16-7-3-4-8-17(16)22/h3-12H,13H2,1-2H3,(H,23,25)/b18-10+. The molecule has 0 fully saturated rings. The Morgan fingerprint density at radius 1 is 1.26 bits per heavy atom. The topological polar surface area (TPSA) is 55.1 Å². The number of imidazole rings is 1. The van der Waals surface area contributed by atoms with Gasteiger partial charge in [0.1, 0.15) is 0 Å². The van der Waals surface area contributed by atoms with Crippen molar-refractivity contribution in [2.45, 2.75) is 13.5 Å². The Kier molecular flexibility index (Phi) is 6.42. The molecule has 138 valence electrons. The molecule has 1 aromatic carbocycles. The van der Waals surface area contributed by atoms with Gasteiger partial charge in [0, 0.05) is 42.9 Å². The van der Waals surface area contributed by atoms with Crippen LogP contribution in [-0.2, 0) is 6.54 Å². The Balaban J connectivity index is 1.90. The average Bonchev–Trinajstić information content (AvgIpc) is 3.06. The second-order valence-electron chi connectivity index (χ2n) is 5.83. The lowest BCUT2D eigenvalue weighted by Crippen LogP contribution is -2.27.